The fourth-order valence-corrected chi connectivity index (χ4v) is 1.50. The molecule has 0 aromatic rings. The first-order valence-electron chi connectivity index (χ1n) is 4.61. The van der Waals surface area contributed by atoms with Crippen LogP contribution in [-0.2, 0) is 14.9 Å². The summed E-state index contributed by atoms with van der Waals surface area (Å²) in [7, 11) is -4.64. The van der Waals surface area contributed by atoms with Crippen molar-refractivity contribution in [2.45, 2.75) is 44.7 Å². The van der Waals surface area contributed by atoms with Gasteiger partial charge in [0.05, 0.1) is 0 Å². The molecule has 4 nitrogen and oxygen atoms in total. The second-order valence-corrected chi connectivity index (χ2v) is 4.63. The van der Waals surface area contributed by atoms with E-state index in [-0.39, 0.29) is 0 Å². The molecule has 6 heteroatoms. The molecule has 0 aliphatic carbocycles. The van der Waals surface area contributed by atoms with Crippen molar-refractivity contribution in [3.8, 4) is 0 Å². The van der Waals surface area contributed by atoms with Crippen molar-refractivity contribution in [1.29, 1.82) is 0 Å². The molecule has 14 heavy (non-hydrogen) atoms. The summed E-state index contributed by atoms with van der Waals surface area (Å²) in [5, 5.41) is 0. The Kier molecular flexibility index (Phi) is 6.22. The van der Waals surface area contributed by atoms with Gasteiger partial charge in [-0.15, -0.1) is 0 Å². The van der Waals surface area contributed by atoms with Crippen LogP contribution in [0.5, 0.6) is 0 Å². The molecule has 0 aliphatic rings. The molecule has 0 amide bonds. The van der Waals surface area contributed by atoms with E-state index in [1.807, 2.05) is 6.92 Å². The first-order valence-corrected chi connectivity index (χ1v) is 6.12. The summed E-state index contributed by atoms with van der Waals surface area (Å²) in [6.45, 7) is 3.61. The molecule has 1 N–H and O–H groups in total. The highest BCUT2D eigenvalue weighted by Crippen LogP contribution is 2.10. The average molecular weight is 228 g/mol. The summed E-state index contributed by atoms with van der Waals surface area (Å²) in [4.78, 5) is 0. The SMILES string of the molecule is CCCCCOC(C)C(F)S(=O)(=O)O. The van der Waals surface area contributed by atoms with Gasteiger partial charge in [0.2, 0.25) is 0 Å². The van der Waals surface area contributed by atoms with Crippen molar-refractivity contribution < 1.29 is 22.1 Å². The maximum Gasteiger partial charge on any atom is 0.300 e. The molecule has 0 heterocycles. The summed E-state index contributed by atoms with van der Waals surface area (Å²) in [5.41, 5.74) is -2.36. The molecule has 0 aliphatic heterocycles. The third-order valence-electron chi connectivity index (χ3n) is 1.78. The molecule has 0 spiro atoms. The lowest BCUT2D eigenvalue weighted by Crippen LogP contribution is -2.30. The van der Waals surface area contributed by atoms with Crippen molar-refractivity contribution in [2.75, 3.05) is 6.61 Å². The summed E-state index contributed by atoms with van der Waals surface area (Å²) in [6.07, 6.45) is 1.60. The zero-order chi connectivity index (χ0) is 11.2. The van der Waals surface area contributed by atoms with Crippen molar-refractivity contribution >= 4 is 10.1 Å². The van der Waals surface area contributed by atoms with E-state index in [0.717, 1.165) is 19.3 Å². The number of unbranched alkanes of at least 4 members (excludes halogenated alkanes) is 2. The first-order chi connectivity index (χ1) is 6.39. The predicted octanol–water partition coefficient (Wildman–Crippen LogP) is 1.77. The Balaban J connectivity index is 3.79. The second kappa shape index (κ2) is 6.31. The van der Waals surface area contributed by atoms with Crippen molar-refractivity contribution in [3.05, 3.63) is 0 Å². The van der Waals surface area contributed by atoms with E-state index in [9.17, 15) is 12.8 Å². The van der Waals surface area contributed by atoms with Crippen LogP contribution >= 0.6 is 0 Å². The van der Waals surface area contributed by atoms with E-state index in [1.54, 1.807) is 0 Å². The fraction of sp³-hybridized carbons (Fsp3) is 1.00. The summed E-state index contributed by atoms with van der Waals surface area (Å²) in [5.74, 6) is 0. The molecule has 0 radical (unpaired) electrons. The van der Waals surface area contributed by atoms with Crippen LogP contribution in [0.3, 0.4) is 0 Å². The minimum Gasteiger partial charge on any atom is -0.374 e. The number of ether oxygens (including phenoxy) is 1. The van der Waals surface area contributed by atoms with E-state index < -0.39 is 21.7 Å². The Morgan fingerprint density at radius 2 is 2.00 bits per heavy atom. The topological polar surface area (TPSA) is 63.6 Å². The minimum atomic E-state index is -4.64. The highest BCUT2D eigenvalue weighted by Gasteiger charge is 2.29. The smallest absolute Gasteiger partial charge is 0.300 e. The third-order valence-corrected chi connectivity index (χ3v) is 2.73. The van der Waals surface area contributed by atoms with Gasteiger partial charge in [-0.3, -0.25) is 4.55 Å². The lowest BCUT2D eigenvalue weighted by Gasteiger charge is -2.14. The van der Waals surface area contributed by atoms with Crippen LogP contribution in [0, 0.1) is 0 Å². The zero-order valence-corrected chi connectivity index (χ0v) is 9.26. The molecular weight excluding hydrogens is 211 g/mol. The number of rotatable bonds is 7. The summed E-state index contributed by atoms with van der Waals surface area (Å²) in [6, 6.07) is 0. The van der Waals surface area contributed by atoms with Crippen molar-refractivity contribution in [1.82, 2.24) is 0 Å². The number of halogens is 1. The molecular formula is C8H17FO4S. The monoisotopic (exact) mass is 228 g/mol. The van der Waals surface area contributed by atoms with Gasteiger partial charge in [0, 0.05) is 6.61 Å². The lowest BCUT2D eigenvalue weighted by molar-refractivity contribution is 0.0309. The van der Waals surface area contributed by atoms with Crippen LogP contribution in [0.4, 0.5) is 4.39 Å². The lowest BCUT2D eigenvalue weighted by atomic mass is 10.3. The van der Waals surface area contributed by atoms with Gasteiger partial charge in [-0.05, 0) is 13.3 Å². The van der Waals surface area contributed by atoms with Gasteiger partial charge in [0.25, 0.3) is 15.6 Å². The zero-order valence-electron chi connectivity index (χ0n) is 8.44. The Labute approximate surface area is 84.2 Å². The van der Waals surface area contributed by atoms with Crippen molar-refractivity contribution in [2.24, 2.45) is 0 Å². The Bertz CT molecular complexity index is 240. The summed E-state index contributed by atoms with van der Waals surface area (Å²) < 4.78 is 46.9. The molecule has 0 rings (SSSR count). The normalized spacial score (nSPS) is 16.6. The molecule has 0 aromatic heterocycles. The quantitative estimate of drug-likeness (QED) is 0.532. The molecule has 0 fully saturated rings. The highest BCUT2D eigenvalue weighted by molar-refractivity contribution is 7.86. The minimum absolute atomic E-state index is 0.310. The van der Waals surface area contributed by atoms with Gasteiger partial charge in [-0.1, -0.05) is 19.8 Å². The van der Waals surface area contributed by atoms with E-state index in [4.69, 9.17) is 9.29 Å². The van der Waals surface area contributed by atoms with E-state index in [1.165, 1.54) is 6.92 Å². The van der Waals surface area contributed by atoms with Crippen LogP contribution in [0.2, 0.25) is 0 Å². The van der Waals surface area contributed by atoms with E-state index in [2.05, 4.69) is 0 Å². The van der Waals surface area contributed by atoms with Gasteiger partial charge in [0.1, 0.15) is 6.10 Å². The van der Waals surface area contributed by atoms with Crippen LogP contribution in [0.25, 0.3) is 0 Å². The van der Waals surface area contributed by atoms with Crippen LogP contribution < -0.4 is 0 Å². The van der Waals surface area contributed by atoms with Gasteiger partial charge in [-0.2, -0.15) is 8.42 Å². The molecule has 0 bridgehead atoms. The van der Waals surface area contributed by atoms with E-state index in [0.29, 0.717) is 6.61 Å². The number of hydrogen-bond acceptors (Lipinski definition) is 3. The highest BCUT2D eigenvalue weighted by atomic mass is 32.2. The van der Waals surface area contributed by atoms with Crippen molar-refractivity contribution in [3.63, 3.8) is 0 Å². The standard InChI is InChI=1S/C8H17FO4S/c1-3-4-5-6-13-7(2)8(9)14(10,11)12/h7-8H,3-6H2,1-2H3,(H,10,11,12). The second-order valence-electron chi connectivity index (χ2n) is 3.15. The molecule has 86 valence electrons. The van der Waals surface area contributed by atoms with Crippen LogP contribution in [-0.4, -0.2) is 31.2 Å². The van der Waals surface area contributed by atoms with Gasteiger partial charge in [0.15, 0.2) is 0 Å². The summed E-state index contributed by atoms with van der Waals surface area (Å²) >= 11 is 0. The maximum atomic E-state index is 12.8. The molecule has 2 atom stereocenters. The van der Waals surface area contributed by atoms with Gasteiger partial charge in [-0.25, -0.2) is 4.39 Å². The van der Waals surface area contributed by atoms with Crippen LogP contribution in [0.1, 0.15) is 33.1 Å². The third kappa shape index (κ3) is 5.51. The van der Waals surface area contributed by atoms with Gasteiger partial charge >= 0.3 is 0 Å². The molecule has 2 unspecified atom stereocenters. The Hall–Kier alpha value is -0.200. The van der Waals surface area contributed by atoms with Gasteiger partial charge < -0.3 is 4.74 Å². The predicted molar refractivity (Wildman–Crippen MR) is 51.4 cm³/mol. The number of alkyl halides is 1. The van der Waals surface area contributed by atoms with Crippen LogP contribution in [0.15, 0.2) is 0 Å². The largest absolute Gasteiger partial charge is 0.374 e. The Morgan fingerprint density at radius 3 is 2.43 bits per heavy atom. The molecule has 0 saturated carbocycles. The first kappa shape index (κ1) is 13.8. The maximum absolute atomic E-state index is 12.8. The Morgan fingerprint density at radius 1 is 1.43 bits per heavy atom. The average Bonchev–Trinajstić information content (AvgIpc) is 2.09. The fourth-order valence-electron chi connectivity index (χ4n) is 0.939. The number of hydrogen-bond donors (Lipinski definition) is 1. The molecule has 0 aromatic carbocycles. The molecule has 0 saturated heterocycles. The van der Waals surface area contributed by atoms with E-state index >= 15 is 0 Å².